The van der Waals surface area contributed by atoms with Crippen molar-refractivity contribution >= 4 is 23.0 Å². The van der Waals surface area contributed by atoms with Gasteiger partial charge in [-0.15, -0.1) is 5.11 Å². The van der Waals surface area contributed by atoms with Crippen LogP contribution in [0.2, 0.25) is 0 Å². The van der Waals surface area contributed by atoms with Crippen LogP contribution in [0.3, 0.4) is 0 Å². The third-order valence-electron chi connectivity index (χ3n) is 3.54. The highest BCUT2D eigenvalue weighted by Gasteiger charge is 2.10. The molecule has 0 saturated carbocycles. The van der Waals surface area contributed by atoms with Gasteiger partial charge in [0.2, 0.25) is 0 Å². The number of anilines is 1. The summed E-state index contributed by atoms with van der Waals surface area (Å²) in [5.41, 5.74) is 3.61. The first-order valence-electron chi connectivity index (χ1n) is 7.67. The number of hydrogen-bond donors (Lipinski definition) is 1. The number of rotatable bonds is 4. The highest BCUT2D eigenvalue weighted by atomic mass is 16.1. The number of azo groups is 1. The van der Waals surface area contributed by atoms with Gasteiger partial charge in [0.1, 0.15) is 5.69 Å². The van der Waals surface area contributed by atoms with Crippen molar-refractivity contribution in [1.82, 2.24) is 0 Å². The second-order valence-corrected chi connectivity index (χ2v) is 5.33. The van der Waals surface area contributed by atoms with E-state index in [0.717, 1.165) is 11.3 Å². The van der Waals surface area contributed by atoms with Crippen LogP contribution in [0.5, 0.6) is 0 Å². The van der Waals surface area contributed by atoms with Crippen LogP contribution in [0, 0.1) is 6.92 Å². The minimum absolute atomic E-state index is 0.169. The molecule has 1 amide bonds. The van der Waals surface area contributed by atoms with Crippen LogP contribution in [0.1, 0.15) is 15.9 Å². The molecule has 0 radical (unpaired) electrons. The zero-order valence-electron chi connectivity index (χ0n) is 13.3. The summed E-state index contributed by atoms with van der Waals surface area (Å²) >= 11 is 0. The van der Waals surface area contributed by atoms with Crippen molar-refractivity contribution in [3.05, 3.63) is 90.0 Å². The molecular formula is C20H17N3O. The molecule has 0 aromatic heterocycles. The first-order chi connectivity index (χ1) is 11.7. The number of nitrogens with zero attached hydrogens (tertiary/aromatic N) is 2. The average molecular weight is 315 g/mol. The highest BCUT2D eigenvalue weighted by Crippen LogP contribution is 2.30. The van der Waals surface area contributed by atoms with Crippen LogP contribution in [-0.2, 0) is 0 Å². The lowest BCUT2D eigenvalue weighted by Gasteiger charge is -2.09. The van der Waals surface area contributed by atoms with Crippen molar-refractivity contribution in [2.75, 3.05) is 5.32 Å². The van der Waals surface area contributed by atoms with Gasteiger partial charge in [0.15, 0.2) is 0 Å². The van der Waals surface area contributed by atoms with E-state index in [4.69, 9.17) is 0 Å². The lowest BCUT2D eigenvalue weighted by atomic mass is 10.1. The Hall–Kier alpha value is -3.27. The van der Waals surface area contributed by atoms with Crippen molar-refractivity contribution in [2.24, 2.45) is 10.2 Å². The van der Waals surface area contributed by atoms with Gasteiger partial charge in [0, 0.05) is 5.56 Å². The molecule has 0 unspecified atom stereocenters. The maximum absolute atomic E-state index is 12.4. The molecular weight excluding hydrogens is 298 g/mol. The van der Waals surface area contributed by atoms with Crippen LogP contribution >= 0.6 is 0 Å². The summed E-state index contributed by atoms with van der Waals surface area (Å²) in [6.45, 7) is 1.94. The van der Waals surface area contributed by atoms with Crippen LogP contribution in [0.25, 0.3) is 0 Å². The number of aryl methyl sites for hydroxylation is 1. The van der Waals surface area contributed by atoms with Crippen molar-refractivity contribution in [1.29, 1.82) is 0 Å². The molecule has 0 aliphatic heterocycles. The molecule has 0 spiro atoms. The van der Waals surface area contributed by atoms with E-state index in [1.165, 1.54) is 0 Å². The lowest BCUT2D eigenvalue weighted by Crippen LogP contribution is -2.11. The van der Waals surface area contributed by atoms with Gasteiger partial charge in [-0.05, 0) is 42.8 Å². The SMILES string of the molecule is Cc1cccc(NC(=O)c2ccccc2)c1N=Nc1ccccc1. The number of hydrogen-bond acceptors (Lipinski definition) is 3. The van der Waals surface area contributed by atoms with E-state index in [2.05, 4.69) is 15.5 Å². The smallest absolute Gasteiger partial charge is 0.255 e. The zero-order valence-corrected chi connectivity index (χ0v) is 13.3. The Morgan fingerprint density at radius 1 is 0.792 bits per heavy atom. The largest absolute Gasteiger partial charge is 0.320 e. The molecule has 118 valence electrons. The molecule has 0 atom stereocenters. The van der Waals surface area contributed by atoms with Crippen molar-refractivity contribution in [3.8, 4) is 0 Å². The van der Waals surface area contributed by atoms with Gasteiger partial charge in [0.05, 0.1) is 11.4 Å². The first kappa shape index (κ1) is 15.6. The average Bonchev–Trinajstić information content (AvgIpc) is 2.63. The number of carbonyl (C=O) groups excluding carboxylic acids is 1. The second kappa shape index (κ2) is 7.33. The van der Waals surface area contributed by atoms with Gasteiger partial charge in [-0.1, -0.05) is 48.5 Å². The Bertz CT molecular complexity index is 859. The Balaban J connectivity index is 1.88. The molecule has 0 fully saturated rings. The Kier molecular flexibility index (Phi) is 4.77. The Labute approximate surface area is 140 Å². The van der Waals surface area contributed by atoms with Gasteiger partial charge in [-0.3, -0.25) is 4.79 Å². The van der Waals surface area contributed by atoms with Gasteiger partial charge in [-0.25, -0.2) is 0 Å². The standard InChI is InChI=1S/C20H17N3O/c1-15-9-8-14-18(21-20(24)16-10-4-2-5-11-16)19(15)23-22-17-12-6-3-7-13-17/h2-14H,1H3,(H,21,24). The molecule has 3 aromatic rings. The number of nitrogens with one attached hydrogen (secondary N) is 1. The Morgan fingerprint density at radius 2 is 1.46 bits per heavy atom. The number of carbonyl (C=O) groups is 1. The summed E-state index contributed by atoms with van der Waals surface area (Å²) in [6, 6.07) is 24.3. The van der Waals surface area contributed by atoms with Gasteiger partial charge in [-0.2, -0.15) is 5.11 Å². The molecule has 1 N–H and O–H groups in total. The normalized spacial score (nSPS) is 10.7. The quantitative estimate of drug-likeness (QED) is 0.620. The van der Waals surface area contributed by atoms with E-state index in [1.54, 1.807) is 12.1 Å². The lowest BCUT2D eigenvalue weighted by molar-refractivity contribution is 0.102. The fourth-order valence-corrected chi connectivity index (χ4v) is 2.28. The Morgan fingerprint density at radius 3 is 2.17 bits per heavy atom. The van der Waals surface area contributed by atoms with E-state index in [-0.39, 0.29) is 5.91 Å². The van der Waals surface area contributed by atoms with Crippen molar-refractivity contribution < 1.29 is 4.79 Å². The molecule has 0 heterocycles. The molecule has 3 rings (SSSR count). The van der Waals surface area contributed by atoms with Crippen molar-refractivity contribution in [3.63, 3.8) is 0 Å². The third kappa shape index (κ3) is 3.73. The van der Waals surface area contributed by atoms with Crippen LogP contribution in [-0.4, -0.2) is 5.91 Å². The molecule has 24 heavy (non-hydrogen) atoms. The molecule has 3 aromatic carbocycles. The maximum atomic E-state index is 12.4. The van der Waals surface area contributed by atoms with E-state index < -0.39 is 0 Å². The van der Waals surface area contributed by atoms with E-state index >= 15 is 0 Å². The van der Waals surface area contributed by atoms with E-state index in [9.17, 15) is 4.79 Å². The van der Waals surface area contributed by atoms with Crippen LogP contribution in [0.15, 0.2) is 89.1 Å². The predicted octanol–water partition coefficient (Wildman–Crippen LogP) is 5.66. The third-order valence-corrected chi connectivity index (χ3v) is 3.54. The molecule has 0 saturated heterocycles. The van der Waals surface area contributed by atoms with E-state index in [1.807, 2.05) is 73.7 Å². The summed E-state index contributed by atoms with van der Waals surface area (Å²) in [5.74, 6) is -0.169. The minimum atomic E-state index is -0.169. The topological polar surface area (TPSA) is 53.8 Å². The molecule has 4 nitrogen and oxygen atoms in total. The van der Waals surface area contributed by atoms with Gasteiger partial charge < -0.3 is 5.32 Å². The zero-order chi connectivity index (χ0) is 16.8. The van der Waals surface area contributed by atoms with Gasteiger partial charge >= 0.3 is 0 Å². The summed E-state index contributed by atoms with van der Waals surface area (Å²) in [7, 11) is 0. The summed E-state index contributed by atoms with van der Waals surface area (Å²) in [5, 5.41) is 11.5. The fraction of sp³-hybridized carbons (Fsp3) is 0.0500. The number of amides is 1. The second-order valence-electron chi connectivity index (χ2n) is 5.33. The predicted molar refractivity (Wildman–Crippen MR) is 96.2 cm³/mol. The monoisotopic (exact) mass is 315 g/mol. The summed E-state index contributed by atoms with van der Waals surface area (Å²) < 4.78 is 0. The van der Waals surface area contributed by atoms with Crippen LogP contribution < -0.4 is 5.32 Å². The summed E-state index contributed by atoms with van der Waals surface area (Å²) in [6.07, 6.45) is 0. The van der Waals surface area contributed by atoms with E-state index in [0.29, 0.717) is 16.9 Å². The molecule has 0 aliphatic rings. The van der Waals surface area contributed by atoms with Gasteiger partial charge in [0.25, 0.3) is 5.91 Å². The molecule has 0 aliphatic carbocycles. The number of benzene rings is 3. The minimum Gasteiger partial charge on any atom is -0.320 e. The van der Waals surface area contributed by atoms with Crippen LogP contribution in [0.4, 0.5) is 17.1 Å². The molecule has 0 bridgehead atoms. The highest BCUT2D eigenvalue weighted by molar-refractivity contribution is 6.05. The molecule has 4 heteroatoms. The summed E-state index contributed by atoms with van der Waals surface area (Å²) in [4.78, 5) is 12.4. The maximum Gasteiger partial charge on any atom is 0.255 e. The fourth-order valence-electron chi connectivity index (χ4n) is 2.28. The first-order valence-corrected chi connectivity index (χ1v) is 7.67. The van der Waals surface area contributed by atoms with Crippen molar-refractivity contribution in [2.45, 2.75) is 6.92 Å².